The normalized spacial score (nSPS) is 13.4. The molecule has 0 atom stereocenters. The monoisotopic (exact) mass is 646 g/mol. The van der Waals surface area contributed by atoms with Gasteiger partial charge in [0.25, 0.3) is 5.91 Å². The number of anilines is 1. The van der Waals surface area contributed by atoms with Crippen LogP contribution in [0.4, 0.5) is 19.3 Å². The lowest BCUT2D eigenvalue weighted by molar-refractivity contribution is 0.0696. The molecule has 1 aliphatic heterocycles. The number of benzene rings is 3. The average Bonchev–Trinajstić information content (AvgIpc) is 3.00. The van der Waals surface area contributed by atoms with Gasteiger partial charge in [-0.15, -0.1) is 12.4 Å². The molecular formula is C32H37ClF2N4O6. The zero-order valence-corrected chi connectivity index (χ0v) is 25.9. The van der Waals surface area contributed by atoms with Gasteiger partial charge in [-0.1, -0.05) is 25.5 Å². The molecule has 1 heterocycles. The number of nitrogens with one attached hydrogen (secondary N) is 1. The van der Waals surface area contributed by atoms with E-state index in [1.807, 2.05) is 31.2 Å². The van der Waals surface area contributed by atoms with E-state index in [2.05, 4.69) is 10.2 Å². The zero-order chi connectivity index (χ0) is 31.8. The van der Waals surface area contributed by atoms with Crippen LogP contribution in [-0.4, -0.2) is 65.6 Å². The van der Waals surface area contributed by atoms with Crippen LogP contribution >= 0.6 is 12.4 Å². The lowest BCUT2D eigenvalue weighted by Crippen LogP contribution is -2.49. The largest absolute Gasteiger partial charge is 0.493 e. The number of nitrogens with two attached hydrogens (primary N) is 1. The summed E-state index contributed by atoms with van der Waals surface area (Å²) in [6, 6.07) is 12.9. The molecule has 4 rings (SSSR count). The molecule has 1 fully saturated rings. The number of nitrogens with zero attached hydrogens (tertiary/aromatic N) is 2. The van der Waals surface area contributed by atoms with Crippen molar-refractivity contribution in [1.82, 2.24) is 9.80 Å². The highest BCUT2D eigenvalue weighted by Crippen LogP contribution is 2.33. The predicted octanol–water partition coefficient (Wildman–Crippen LogP) is 6.28. The van der Waals surface area contributed by atoms with E-state index in [4.69, 9.17) is 15.2 Å². The number of unbranched alkanes of at least 4 members (excludes halogenated alkanes) is 1. The van der Waals surface area contributed by atoms with Crippen molar-refractivity contribution >= 4 is 36.0 Å². The van der Waals surface area contributed by atoms with Crippen LogP contribution in [0.25, 0.3) is 0 Å². The Kier molecular flexibility index (Phi) is 12.5. The molecule has 0 radical (unpaired) electrons. The number of halogens is 3. The quantitative estimate of drug-likeness (QED) is 0.211. The molecule has 45 heavy (non-hydrogen) atoms. The first-order valence-electron chi connectivity index (χ1n) is 14.4. The fourth-order valence-corrected chi connectivity index (χ4v) is 5.12. The summed E-state index contributed by atoms with van der Waals surface area (Å²) in [5, 5.41) is 11.7. The van der Waals surface area contributed by atoms with Crippen LogP contribution in [0.5, 0.6) is 17.2 Å². The number of carboxylic acid groups (broad SMARTS) is 1. The summed E-state index contributed by atoms with van der Waals surface area (Å²) >= 11 is 0. The topological polar surface area (TPSA) is 134 Å². The minimum Gasteiger partial charge on any atom is -0.493 e. The van der Waals surface area contributed by atoms with E-state index in [9.17, 15) is 28.3 Å². The zero-order valence-electron chi connectivity index (χ0n) is 25.1. The highest BCUT2D eigenvalue weighted by atomic mass is 35.5. The Morgan fingerprint density at radius 3 is 2.31 bits per heavy atom. The number of primary amides is 1. The van der Waals surface area contributed by atoms with Crippen molar-refractivity contribution in [3.63, 3.8) is 0 Å². The Balaban J connectivity index is 0.00000552. The van der Waals surface area contributed by atoms with E-state index in [1.165, 1.54) is 19.2 Å². The number of carbonyl (C=O) groups is 3. The average molecular weight is 647 g/mol. The second kappa shape index (κ2) is 16.1. The molecule has 3 aromatic carbocycles. The maximum atomic E-state index is 14.4. The Morgan fingerprint density at radius 2 is 1.71 bits per heavy atom. The highest BCUT2D eigenvalue weighted by Gasteiger charge is 2.28. The molecule has 0 unspecified atom stereocenters. The summed E-state index contributed by atoms with van der Waals surface area (Å²) in [4.78, 5) is 39.9. The van der Waals surface area contributed by atoms with Gasteiger partial charge in [0, 0.05) is 38.3 Å². The van der Waals surface area contributed by atoms with Gasteiger partial charge in [0.05, 0.1) is 23.9 Å². The maximum Gasteiger partial charge on any atom is 0.335 e. The number of urea groups is 1. The van der Waals surface area contributed by atoms with Crippen LogP contribution in [0.15, 0.2) is 54.6 Å². The van der Waals surface area contributed by atoms with E-state index in [0.29, 0.717) is 49.2 Å². The van der Waals surface area contributed by atoms with E-state index in [0.717, 1.165) is 37.6 Å². The molecular weight excluding hydrogens is 610 g/mol. The van der Waals surface area contributed by atoms with Gasteiger partial charge in [-0.05, 0) is 61.2 Å². The summed E-state index contributed by atoms with van der Waals surface area (Å²) in [7, 11) is 1.45. The van der Waals surface area contributed by atoms with Crippen molar-refractivity contribution in [3.8, 4) is 17.2 Å². The summed E-state index contributed by atoms with van der Waals surface area (Å²) < 4.78 is 39.5. The van der Waals surface area contributed by atoms with Crippen molar-refractivity contribution in [2.24, 2.45) is 5.73 Å². The molecule has 0 aromatic heterocycles. The first-order valence-corrected chi connectivity index (χ1v) is 14.4. The molecule has 3 aromatic rings. The Morgan fingerprint density at radius 1 is 1.02 bits per heavy atom. The molecule has 10 nitrogen and oxygen atoms in total. The molecule has 0 spiro atoms. The number of rotatable bonds is 12. The third-order valence-corrected chi connectivity index (χ3v) is 7.54. The standard InChI is InChI=1S/C32H36F2N4O6.ClH/c1-3-4-13-38(32(42)36-27-17-24(30(35)39)25(33)18-26(27)34)22-11-14-37(15-12-22)19-20-5-8-23(9-6-20)44-28-10-7-21(31(40)41)16-29(28)43-2;/h5-10,16-18,22H,3-4,11-15,19H2,1-2H3,(H2,35,39)(H,36,42)(H,40,41);1H. The van der Waals surface area contributed by atoms with Crippen LogP contribution in [0, 0.1) is 11.6 Å². The van der Waals surface area contributed by atoms with Crippen molar-refractivity contribution in [2.75, 3.05) is 32.1 Å². The molecule has 1 aliphatic rings. The molecule has 4 N–H and O–H groups in total. The number of piperidine rings is 1. The molecule has 1 saturated heterocycles. The smallest absolute Gasteiger partial charge is 0.335 e. The molecule has 0 saturated carbocycles. The second-order valence-electron chi connectivity index (χ2n) is 10.6. The fourth-order valence-electron chi connectivity index (χ4n) is 5.12. The molecule has 0 bridgehead atoms. The van der Waals surface area contributed by atoms with Crippen molar-refractivity contribution < 1.29 is 37.7 Å². The first-order chi connectivity index (χ1) is 21.1. The SMILES string of the molecule is CCCCN(C(=O)Nc1cc(C(N)=O)c(F)cc1F)C1CCN(Cc2ccc(Oc3ccc(C(=O)O)cc3OC)cc2)CC1.Cl. The van der Waals surface area contributed by atoms with Gasteiger partial charge >= 0.3 is 12.0 Å². The Labute approximate surface area is 266 Å². The third-order valence-electron chi connectivity index (χ3n) is 7.54. The van der Waals surface area contributed by atoms with Gasteiger partial charge in [-0.25, -0.2) is 18.4 Å². The summed E-state index contributed by atoms with van der Waals surface area (Å²) in [5.41, 5.74) is 5.56. The van der Waals surface area contributed by atoms with E-state index in [1.54, 1.807) is 11.0 Å². The number of hydrogen-bond donors (Lipinski definition) is 3. The summed E-state index contributed by atoms with van der Waals surface area (Å²) in [5.74, 6) is -2.89. The number of methoxy groups -OCH3 is 1. The van der Waals surface area contributed by atoms with E-state index >= 15 is 0 Å². The van der Waals surface area contributed by atoms with Gasteiger partial charge in [0.1, 0.15) is 17.4 Å². The number of likely N-dealkylation sites (tertiary alicyclic amines) is 1. The highest BCUT2D eigenvalue weighted by molar-refractivity contribution is 5.96. The minimum absolute atomic E-state index is 0. The van der Waals surface area contributed by atoms with Crippen molar-refractivity contribution in [3.05, 3.63) is 82.9 Å². The van der Waals surface area contributed by atoms with Gasteiger partial charge in [-0.3, -0.25) is 9.69 Å². The summed E-state index contributed by atoms with van der Waals surface area (Å²) in [6.07, 6.45) is 3.04. The number of carboxylic acids is 1. The number of ether oxygens (including phenoxy) is 2. The van der Waals surface area contributed by atoms with E-state index in [-0.39, 0.29) is 29.7 Å². The van der Waals surface area contributed by atoms with Crippen molar-refractivity contribution in [1.29, 1.82) is 0 Å². The third kappa shape index (κ3) is 9.05. The minimum atomic E-state index is -1.09. The lowest BCUT2D eigenvalue weighted by atomic mass is 10.0. The van der Waals surface area contributed by atoms with Crippen LogP contribution in [0.2, 0.25) is 0 Å². The van der Waals surface area contributed by atoms with Crippen LogP contribution in [0.1, 0.15) is 58.9 Å². The Bertz CT molecular complexity index is 1500. The van der Waals surface area contributed by atoms with E-state index < -0.39 is 35.1 Å². The molecule has 242 valence electrons. The van der Waals surface area contributed by atoms with Crippen LogP contribution in [0.3, 0.4) is 0 Å². The number of amides is 3. The molecule has 13 heteroatoms. The number of hydrogen-bond acceptors (Lipinski definition) is 6. The molecule has 3 amide bonds. The maximum absolute atomic E-state index is 14.4. The number of aromatic carboxylic acids is 1. The van der Waals surface area contributed by atoms with Gasteiger partial charge in [0.2, 0.25) is 0 Å². The molecule has 0 aliphatic carbocycles. The predicted molar refractivity (Wildman–Crippen MR) is 168 cm³/mol. The van der Waals surface area contributed by atoms with Crippen LogP contribution < -0.4 is 20.5 Å². The van der Waals surface area contributed by atoms with Gasteiger partial charge in [-0.2, -0.15) is 0 Å². The number of carbonyl (C=O) groups excluding carboxylic acids is 2. The van der Waals surface area contributed by atoms with Gasteiger partial charge < -0.3 is 30.5 Å². The van der Waals surface area contributed by atoms with Crippen molar-refractivity contribution in [2.45, 2.75) is 45.2 Å². The van der Waals surface area contributed by atoms with Gasteiger partial charge in [0.15, 0.2) is 11.5 Å². The Hall–Kier alpha value is -4.42. The summed E-state index contributed by atoms with van der Waals surface area (Å²) in [6.45, 7) is 4.66. The second-order valence-corrected chi connectivity index (χ2v) is 10.6. The first kappa shape index (κ1) is 35.1. The lowest BCUT2D eigenvalue weighted by Gasteiger charge is -2.38. The fraction of sp³-hybridized carbons (Fsp3) is 0.344. The van der Waals surface area contributed by atoms with Crippen LogP contribution in [-0.2, 0) is 6.54 Å².